The number of aromatic nitrogens is 3. The van der Waals surface area contributed by atoms with Gasteiger partial charge in [0.05, 0.1) is 54.7 Å². The molecule has 0 spiro atoms. The van der Waals surface area contributed by atoms with E-state index in [1.54, 1.807) is 36.4 Å². The van der Waals surface area contributed by atoms with E-state index in [9.17, 15) is 16.8 Å². The zero-order valence-corrected chi connectivity index (χ0v) is 26.7. The van der Waals surface area contributed by atoms with Gasteiger partial charge in [-0.05, 0) is 36.6 Å². The zero-order chi connectivity index (χ0) is 31.7. The average Bonchev–Trinajstić information content (AvgIpc) is 3.68. The maximum Gasteiger partial charge on any atom is 0.278 e. The Morgan fingerprint density at radius 1 is 1.02 bits per heavy atom. The van der Waals surface area contributed by atoms with Gasteiger partial charge in [0.2, 0.25) is 15.0 Å². The van der Waals surface area contributed by atoms with Crippen molar-refractivity contribution in [3.8, 4) is 27.6 Å². The number of nitrogens with two attached hydrogens (primary N) is 1. The highest BCUT2D eigenvalue weighted by molar-refractivity contribution is 7.90. The molecule has 2 N–H and O–H groups in total. The van der Waals surface area contributed by atoms with Crippen LogP contribution in [-0.2, 0) is 31.3 Å². The molecule has 16 heteroatoms. The van der Waals surface area contributed by atoms with Crippen molar-refractivity contribution in [1.82, 2.24) is 19.3 Å². The normalized spacial score (nSPS) is 21.7. The number of ether oxygens (including phenoxy) is 2. The molecule has 236 valence electrons. The van der Waals surface area contributed by atoms with Gasteiger partial charge in [-0.15, -0.1) is 0 Å². The van der Waals surface area contributed by atoms with Crippen molar-refractivity contribution < 1.29 is 30.7 Å². The molecule has 12 nitrogen and oxygen atoms in total. The Bertz CT molecular complexity index is 2020. The molecule has 3 atom stereocenters. The van der Waals surface area contributed by atoms with Crippen LogP contribution in [0.4, 0.5) is 9.52 Å². The van der Waals surface area contributed by atoms with Gasteiger partial charge in [0.25, 0.3) is 10.2 Å². The first-order valence-electron chi connectivity index (χ1n) is 14.1. The second-order valence-electron chi connectivity index (χ2n) is 11.2. The van der Waals surface area contributed by atoms with Crippen molar-refractivity contribution in [3.05, 3.63) is 71.2 Å². The standard InChI is InChI=1S/C29H29FN6O6S3/c1-41-23-8-4-5-18-21(23)13-35(45(31,39)40)26(18)20-7-3-6-19(24(20)30)25-27(22-11-12-32-28(33-22)44(2,37)38)43-29(34-25)36-16-9-10-17(36)15-42-14-16/h3-8,11-12,16-17,26H,9-10,13-15H2,1-2H3,(H2,31,39,40). The SMILES string of the molecule is COc1cccc2c1CN(S(N)(=O)=O)C2c1cccc(-c2nc(N3C4CCC3COC4)sc2-c2ccnc(S(C)(=O)=O)n2)c1F. The van der Waals surface area contributed by atoms with Crippen molar-refractivity contribution >= 4 is 36.5 Å². The van der Waals surface area contributed by atoms with Crippen molar-refractivity contribution in [1.29, 1.82) is 0 Å². The van der Waals surface area contributed by atoms with Crippen molar-refractivity contribution in [2.24, 2.45) is 5.14 Å². The molecule has 2 saturated heterocycles. The number of halogens is 1. The summed E-state index contributed by atoms with van der Waals surface area (Å²) in [5, 5.41) is 5.93. The van der Waals surface area contributed by atoms with Crippen LogP contribution in [0.15, 0.2) is 53.8 Å². The third kappa shape index (κ3) is 5.18. The van der Waals surface area contributed by atoms with Crippen LogP contribution in [0.1, 0.15) is 35.6 Å². The van der Waals surface area contributed by atoms with Crippen LogP contribution < -0.4 is 14.8 Å². The van der Waals surface area contributed by atoms with E-state index >= 15 is 4.39 Å². The monoisotopic (exact) mass is 672 g/mol. The Hall–Kier alpha value is -3.54. The molecule has 2 aromatic heterocycles. The molecule has 2 bridgehead atoms. The number of fused-ring (bicyclic) bond motifs is 3. The maximum atomic E-state index is 16.9. The molecule has 3 unspecified atom stereocenters. The number of sulfone groups is 1. The van der Waals surface area contributed by atoms with Gasteiger partial charge < -0.3 is 14.4 Å². The van der Waals surface area contributed by atoms with E-state index in [-0.39, 0.29) is 46.3 Å². The Morgan fingerprint density at radius 3 is 2.42 bits per heavy atom. The first-order chi connectivity index (χ1) is 21.5. The maximum absolute atomic E-state index is 16.9. The van der Waals surface area contributed by atoms with Crippen molar-refractivity contribution in [3.63, 3.8) is 0 Å². The highest BCUT2D eigenvalue weighted by atomic mass is 32.2. The predicted molar refractivity (Wildman–Crippen MR) is 165 cm³/mol. The summed E-state index contributed by atoms with van der Waals surface area (Å²) in [5.41, 5.74) is 1.87. The summed E-state index contributed by atoms with van der Waals surface area (Å²) in [7, 11) is -6.52. The largest absolute Gasteiger partial charge is 0.496 e. The second kappa shape index (κ2) is 11.1. The highest BCUT2D eigenvalue weighted by Gasteiger charge is 2.42. The lowest BCUT2D eigenvalue weighted by Crippen LogP contribution is -2.45. The van der Waals surface area contributed by atoms with Crippen LogP contribution in [0.25, 0.3) is 21.8 Å². The number of hydrogen-bond donors (Lipinski definition) is 1. The molecule has 45 heavy (non-hydrogen) atoms. The Balaban J connectivity index is 1.42. The van der Waals surface area contributed by atoms with Gasteiger partial charge in [-0.25, -0.2) is 32.9 Å². The third-order valence-electron chi connectivity index (χ3n) is 8.47. The van der Waals surface area contributed by atoms with Crippen LogP contribution in [0.2, 0.25) is 0 Å². The molecule has 2 aromatic carbocycles. The molecular formula is C29H29FN6O6S3. The number of nitrogens with zero attached hydrogens (tertiary/aromatic N) is 5. The van der Waals surface area contributed by atoms with E-state index in [4.69, 9.17) is 19.6 Å². The Kier molecular flexibility index (Phi) is 7.41. The van der Waals surface area contributed by atoms with Crippen LogP contribution in [-0.4, -0.2) is 74.8 Å². The zero-order valence-electron chi connectivity index (χ0n) is 24.3. The molecule has 3 aliphatic heterocycles. The van der Waals surface area contributed by atoms with Crippen LogP contribution in [0.3, 0.4) is 0 Å². The minimum Gasteiger partial charge on any atom is -0.496 e. The third-order valence-corrected chi connectivity index (χ3v) is 11.4. The molecular weight excluding hydrogens is 644 g/mol. The molecule has 0 radical (unpaired) electrons. The minimum absolute atomic E-state index is 0.0833. The first-order valence-corrected chi connectivity index (χ1v) is 18.3. The summed E-state index contributed by atoms with van der Waals surface area (Å²) in [6.45, 7) is 1.00. The predicted octanol–water partition coefficient (Wildman–Crippen LogP) is 3.29. The van der Waals surface area contributed by atoms with Gasteiger partial charge in [0.15, 0.2) is 5.13 Å². The fourth-order valence-electron chi connectivity index (χ4n) is 6.47. The molecule has 3 aliphatic rings. The quantitative estimate of drug-likeness (QED) is 0.289. The lowest BCUT2D eigenvalue weighted by Gasteiger charge is -2.34. The van der Waals surface area contributed by atoms with Crippen molar-refractivity contribution in [2.45, 2.75) is 42.7 Å². The summed E-state index contributed by atoms with van der Waals surface area (Å²) in [5.74, 6) is -0.218. The van der Waals surface area contributed by atoms with Gasteiger partial charge in [-0.3, -0.25) is 0 Å². The fraction of sp³-hybridized carbons (Fsp3) is 0.345. The molecule has 5 heterocycles. The van der Waals surface area contributed by atoms with Gasteiger partial charge in [0, 0.05) is 35.7 Å². The fourth-order valence-corrected chi connectivity index (χ4v) is 9.01. The number of rotatable bonds is 7. The summed E-state index contributed by atoms with van der Waals surface area (Å²) >= 11 is 1.29. The highest BCUT2D eigenvalue weighted by Crippen LogP contribution is 2.48. The number of benzene rings is 2. The van der Waals surface area contributed by atoms with Crippen molar-refractivity contribution in [2.75, 3.05) is 31.5 Å². The van der Waals surface area contributed by atoms with E-state index in [1.165, 1.54) is 30.7 Å². The average molecular weight is 673 g/mol. The lowest BCUT2D eigenvalue weighted by atomic mass is 9.95. The van der Waals surface area contributed by atoms with Gasteiger partial charge in [0.1, 0.15) is 11.6 Å². The van der Waals surface area contributed by atoms with E-state index in [0.29, 0.717) is 40.1 Å². The molecule has 0 saturated carbocycles. The first kappa shape index (κ1) is 30.1. The number of hydrogen-bond acceptors (Lipinski definition) is 11. The number of methoxy groups -OCH3 is 1. The van der Waals surface area contributed by atoms with Crippen LogP contribution >= 0.6 is 11.3 Å². The van der Waals surface area contributed by atoms with Gasteiger partial charge in [-0.1, -0.05) is 35.6 Å². The molecule has 0 aliphatic carbocycles. The summed E-state index contributed by atoms with van der Waals surface area (Å²) in [6.07, 6.45) is 4.22. The summed E-state index contributed by atoms with van der Waals surface area (Å²) < 4.78 is 79.5. The second-order valence-corrected chi connectivity index (χ2v) is 15.6. The number of morpholine rings is 1. The van der Waals surface area contributed by atoms with Crippen LogP contribution in [0.5, 0.6) is 5.75 Å². The molecule has 7 rings (SSSR count). The van der Waals surface area contributed by atoms with Gasteiger partial charge in [-0.2, -0.15) is 12.7 Å². The molecule has 2 fully saturated rings. The van der Waals surface area contributed by atoms with Crippen LogP contribution in [0, 0.1) is 5.82 Å². The minimum atomic E-state index is -4.27. The van der Waals surface area contributed by atoms with E-state index < -0.39 is 31.9 Å². The Morgan fingerprint density at radius 2 is 1.73 bits per heavy atom. The smallest absolute Gasteiger partial charge is 0.278 e. The van der Waals surface area contributed by atoms with E-state index in [2.05, 4.69) is 14.9 Å². The Labute approximate surface area is 263 Å². The summed E-state index contributed by atoms with van der Waals surface area (Å²) in [6, 6.07) is 10.6. The topological polar surface area (TPSA) is 158 Å². The number of thiazole rings is 1. The number of anilines is 1. The van der Waals surface area contributed by atoms with E-state index in [0.717, 1.165) is 23.4 Å². The summed E-state index contributed by atoms with van der Waals surface area (Å²) in [4.78, 5) is 15.8. The molecule has 0 amide bonds. The molecule has 4 aromatic rings. The van der Waals surface area contributed by atoms with E-state index in [1.807, 2.05) is 0 Å². The lowest BCUT2D eigenvalue weighted by molar-refractivity contribution is 0.0906. The van der Waals surface area contributed by atoms with Gasteiger partial charge >= 0.3 is 0 Å².